The van der Waals surface area contributed by atoms with Gasteiger partial charge < -0.3 is 14.5 Å². The van der Waals surface area contributed by atoms with Crippen LogP contribution >= 0.6 is 11.6 Å². The first-order valence-corrected chi connectivity index (χ1v) is 7.22. The van der Waals surface area contributed by atoms with E-state index in [0.717, 1.165) is 30.4 Å². The number of benzene rings is 1. The molecule has 2 aromatic rings. The van der Waals surface area contributed by atoms with Crippen molar-refractivity contribution in [3.63, 3.8) is 0 Å². The Morgan fingerprint density at radius 2 is 2.05 bits per heavy atom. The van der Waals surface area contributed by atoms with Crippen molar-refractivity contribution in [1.82, 2.24) is 5.32 Å². The van der Waals surface area contributed by atoms with Crippen LogP contribution in [0.25, 0.3) is 0 Å². The molecule has 0 saturated heterocycles. The molecule has 1 N–H and O–H groups in total. The van der Waals surface area contributed by atoms with E-state index >= 15 is 0 Å². The molecule has 0 aliphatic heterocycles. The molecule has 1 aromatic heterocycles. The van der Waals surface area contributed by atoms with E-state index in [1.165, 1.54) is 5.56 Å². The molecule has 0 aliphatic carbocycles. The van der Waals surface area contributed by atoms with Crippen LogP contribution in [0.15, 0.2) is 47.1 Å². The molecule has 20 heavy (non-hydrogen) atoms. The first-order chi connectivity index (χ1) is 9.75. The van der Waals surface area contributed by atoms with Gasteiger partial charge in [0.05, 0.1) is 6.26 Å². The Labute approximate surface area is 124 Å². The standard InChI is InChI=1S/C16H20ClNO2/c1-13(14-5-7-15(17)8-6-14)18-9-3-10-19-12-16-4-2-11-20-16/h2,4-8,11,13,18H,3,9-10,12H2,1H3. The first kappa shape index (κ1) is 15.1. The van der Waals surface area contributed by atoms with Gasteiger partial charge in [-0.05, 0) is 49.7 Å². The fourth-order valence-corrected chi connectivity index (χ4v) is 2.06. The number of rotatable bonds is 8. The first-order valence-electron chi connectivity index (χ1n) is 6.84. The Bertz CT molecular complexity index is 482. The summed E-state index contributed by atoms with van der Waals surface area (Å²) in [5.74, 6) is 0.868. The second-order valence-corrected chi connectivity index (χ2v) is 5.15. The Hall–Kier alpha value is -1.29. The van der Waals surface area contributed by atoms with E-state index in [9.17, 15) is 0 Å². The Morgan fingerprint density at radius 3 is 2.75 bits per heavy atom. The zero-order chi connectivity index (χ0) is 14.2. The SMILES string of the molecule is CC(NCCCOCc1ccco1)c1ccc(Cl)cc1. The predicted molar refractivity (Wildman–Crippen MR) is 80.9 cm³/mol. The number of hydrogen-bond acceptors (Lipinski definition) is 3. The molecule has 0 radical (unpaired) electrons. The highest BCUT2D eigenvalue weighted by Crippen LogP contribution is 2.15. The van der Waals surface area contributed by atoms with Crippen LogP contribution in [0.1, 0.15) is 30.7 Å². The summed E-state index contributed by atoms with van der Waals surface area (Å²) in [5, 5.41) is 4.24. The smallest absolute Gasteiger partial charge is 0.129 e. The normalized spacial score (nSPS) is 12.5. The van der Waals surface area contributed by atoms with Crippen molar-refractivity contribution in [2.45, 2.75) is 26.0 Å². The quantitative estimate of drug-likeness (QED) is 0.741. The molecule has 3 nitrogen and oxygen atoms in total. The van der Waals surface area contributed by atoms with Gasteiger partial charge in [-0.2, -0.15) is 0 Å². The van der Waals surface area contributed by atoms with Crippen LogP contribution in [0, 0.1) is 0 Å². The lowest BCUT2D eigenvalue weighted by Gasteiger charge is -2.14. The van der Waals surface area contributed by atoms with E-state index < -0.39 is 0 Å². The summed E-state index contributed by atoms with van der Waals surface area (Å²) in [7, 11) is 0. The van der Waals surface area contributed by atoms with E-state index in [-0.39, 0.29) is 0 Å². The van der Waals surface area contributed by atoms with Crippen LogP contribution in [0.4, 0.5) is 0 Å². The van der Waals surface area contributed by atoms with Gasteiger partial charge >= 0.3 is 0 Å². The molecular formula is C16H20ClNO2. The van der Waals surface area contributed by atoms with Gasteiger partial charge in [0.15, 0.2) is 0 Å². The van der Waals surface area contributed by atoms with Crippen LogP contribution in [0.5, 0.6) is 0 Å². The molecule has 1 aromatic carbocycles. The third-order valence-electron chi connectivity index (χ3n) is 3.11. The fourth-order valence-electron chi connectivity index (χ4n) is 1.93. The minimum absolute atomic E-state index is 0.317. The average molecular weight is 294 g/mol. The van der Waals surface area contributed by atoms with E-state index in [2.05, 4.69) is 12.2 Å². The van der Waals surface area contributed by atoms with Crippen LogP contribution in [-0.2, 0) is 11.3 Å². The van der Waals surface area contributed by atoms with Crippen LogP contribution < -0.4 is 5.32 Å². The Kier molecular flexibility index (Phi) is 6.12. The van der Waals surface area contributed by atoms with Gasteiger partial charge in [0.25, 0.3) is 0 Å². The fraction of sp³-hybridized carbons (Fsp3) is 0.375. The average Bonchev–Trinajstić information content (AvgIpc) is 2.96. The maximum absolute atomic E-state index is 5.88. The van der Waals surface area contributed by atoms with Gasteiger partial charge in [0.2, 0.25) is 0 Å². The van der Waals surface area contributed by atoms with Crippen LogP contribution in [-0.4, -0.2) is 13.2 Å². The number of ether oxygens (including phenoxy) is 1. The van der Waals surface area contributed by atoms with Crippen molar-refractivity contribution in [3.05, 3.63) is 59.0 Å². The van der Waals surface area contributed by atoms with Crippen molar-refractivity contribution in [2.24, 2.45) is 0 Å². The maximum Gasteiger partial charge on any atom is 0.129 e. The van der Waals surface area contributed by atoms with Gasteiger partial charge in [-0.25, -0.2) is 0 Å². The second kappa shape index (κ2) is 8.10. The largest absolute Gasteiger partial charge is 0.467 e. The summed E-state index contributed by atoms with van der Waals surface area (Å²) in [4.78, 5) is 0. The van der Waals surface area contributed by atoms with E-state index in [1.54, 1.807) is 6.26 Å². The molecule has 1 heterocycles. The highest BCUT2D eigenvalue weighted by molar-refractivity contribution is 6.30. The highest BCUT2D eigenvalue weighted by Gasteiger charge is 2.03. The molecule has 0 aliphatic rings. The van der Waals surface area contributed by atoms with Crippen molar-refractivity contribution in [2.75, 3.05) is 13.2 Å². The summed E-state index contributed by atoms with van der Waals surface area (Å²) in [6.07, 6.45) is 2.63. The molecule has 108 valence electrons. The summed E-state index contributed by atoms with van der Waals surface area (Å²) < 4.78 is 10.7. The molecule has 2 rings (SSSR count). The van der Waals surface area contributed by atoms with E-state index in [0.29, 0.717) is 12.6 Å². The van der Waals surface area contributed by atoms with Crippen molar-refractivity contribution >= 4 is 11.6 Å². The molecule has 4 heteroatoms. The second-order valence-electron chi connectivity index (χ2n) is 4.71. The number of nitrogens with one attached hydrogen (secondary N) is 1. The van der Waals surface area contributed by atoms with Crippen molar-refractivity contribution < 1.29 is 9.15 Å². The summed E-state index contributed by atoms with van der Waals surface area (Å²) >= 11 is 5.88. The third-order valence-corrected chi connectivity index (χ3v) is 3.36. The number of hydrogen-bond donors (Lipinski definition) is 1. The number of halogens is 1. The zero-order valence-corrected chi connectivity index (χ0v) is 12.4. The van der Waals surface area contributed by atoms with Gasteiger partial charge in [-0.15, -0.1) is 0 Å². The third kappa shape index (κ3) is 5.00. The molecule has 0 fully saturated rings. The zero-order valence-electron chi connectivity index (χ0n) is 11.6. The summed E-state index contributed by atoms with van der Waals surface area (Å²) in [6.45, 7) is 4.33. The lowest BCUT2D eigenvalue weighted by molar-refractivity contribution is 0.104. The molecule has 1 atom stereocenters. The van der Waals surface area contributed by atoms with Gasteiger partial charge in [0, 0.05) is 17.7 Å². The van der Waals surface area contributed by atoms with Crippen molar-refractivity contribution in [1.29, 1.82) is 0 Å². The lowest BCUT2D eigenvalue weighted by Crippen LogP contribution is -2.20. The van der Waals surface area contributed by atoms with E-state index in [1.807, 2.05) is 36.4 Å². The summed E-state index contributed by atoms with van der Waals surface area (Å²) in [6, 6.07) is 12.0. The minimum atomic E-state index is 0.317. The Morgan fingerprint density at radius 1 is 1.25 bits per heavy atom. The minimum Gasteiger partial charge on any atom is -0.467 e. The molecule has 0 bridgehead atoms. The lowest BCUT2D eigenvalue weighted by atomic mass is 10.1. The predicted octanol–water partition coefficient (Wildman–Crippen LogP) is 4.19. The molecule has 1 unspecified atom stereocenters. The molecule has 0 amide bonds. The van der Waals surface area contributed by atoms with Gasteiger partial charge in [-0.3, -0.25) is 0 Å². The van der Waals surface area contributed by atoms with Crippen LogP contribution in [0.2, 0.25) is 5.02 Å². The van der Waals surface area contributed by atoms with Crippen molar-refractivity contribution in [3.8, 4) is 0 Å². The monoisotopic (exact) mass is 293 g/mol. The van der Waals surface area contributed by atoms with Gasteiger partial charge in [-0.1, -0.05) is 23.7 Å². The number of furan rings is 1. The molecule has 0 spiro atoms. The molecular weight excluding hydrogens is 274 g/mol. The highest BCUT2D eigenvalue weighted by atomic mass is 35.5. The topological polar surface area (TPSA) is 34.4 Å². The van der Waals surface area contributed by atoms with E-state index in [4.69, 9.17) is 20.8 Å². The van der Waals surface area contributed by atoms with Crippen LogP contribution in [0.3, 0.4) is 0 Å². The van der Waals surface area contributed by atoms with Gasteiger partial charge in [0.1, 0.15) is 12.4 Å². The molecule has 0 saturated carbocycles. The maximum atomic E-state index is 5.88. The summed E-state index contributed by atoms with van der Waals surface area (Å²) in [5.41, 5.74) is 1.24. The Balaban J connectivity index is 1.57.